The third-order valence-corrected chi connectivity index (χ3v) is 7.69. The number of hydrogen-bond donors (Lipinski definition) is 1. The van der Waals surface area contributed by atoms with Crippen molar-refractivity contribution in [3.8, 4) is 11.5 Å². The number of rotatable bonds is 6. The summed E-state index contributed by atoms with van der Waals surface area (Å²) in [4.78, 5) is 29.9. The standard InChI is InChI=1S/C32H26N2O4S/c1-21-5-4-6-24(15-21)19-34-26-7-2-3-8-29(26)39-30(32(34)36)17-22-9-12-25(13-10-22)31(35)33-18-23-11-14-27-28(16-23)38-20-37-27/h2-17H,18-20H2,1H3,(H,33,35). The van der Waals surface area contributed by atoms with Crippen molar-refractivity contribution in [3.63, 3.8) is 0 Å². The number of aryl methyl sites for hydroxylation is 1. The number of thioether (sulfide) groups is 1. The molecule has 0 spiro atoms. The highest BCUT2D eigenvalue weighted by Gasteiger charge is 2.29. The fourth-order valence-corrected chi connectivity index (χ4v) is 5.69. The highest BCUT2D eigenvalue weighted by Crippen LogP contribution is 2.42. The number of ether oxygens (including phenoxy) is 2. The van der Waals surface area contributed by atoms with Crippen molar-refractivity contribution in [2.45, 2.75) is 24.9 Å². The van der Waals surface area contributed by atoms with E-state index in [1.165, 1.54) is 11.8 Å². The van der Waals surface area contributed by atoms with Crippen molar-refractivity contribution < 1.29 is 19.1 Å². The van der Waals surface area contributed by atoms with Crippen molar-refractivity contribution in [1.29, 1.82) is 0 Å². The summed E-state index contributed by atoms with van der Waals surface area (Å²) in [6, 6.07) is 29.1. The molecule has 4 aromatic rings. The molecule has 0 saturated heterocycles. The van der Waals surface area contributed by atoms with E-state index in [-0.39, 0.29) is 18.6 Å². The van der Waals surface area contributed by atoms with Crippen LogP contribution < -0.4 is 19.7 Å². The van der Waals surface area contributed by atoms with Crippen molar-refractivity contribution in [1.82, 2.24) is 5.32 Å². The van der Waals surface area contributed by atoms with Crippen LogP contribution in [-0.2, 0) is 17.9 Å². The third-order valence-electron chi connectivity index (χ3n) is 6.62. The molecule has 2 aliphatic rings. The summed E-state index contributed by atoms with van der Waals surface area (Å²) in [5, 5.41) is 2.94. The summed E-state index contributed by atoms with van der Waals surface area (Å²) in [6.07, 6.45) is 1.89. The molecule has 39 heavy (non-hydrogen) atoms. The zero-order chi connectivity index (χ0) is 26.8. The smallest absolute Gasteiger partial charge is 0.265 e. The number of benzene rings is 4. The number of para-hydroxylation sites is 1. The van der Waals surface area contributed by atoms with Gasteiger partial charge in [0.05, 0.1) is 17.1 Å². The zero-order valence-corrected chi connectivity index (χ0v) is 22.2. The summed E-state index contributed by atoms with van der Waals surface area (Å²) in [7, 11) is 0. The lowest BCUT2D eigenvalue weighted by atomic mass is 10.1. The van der Waals surface area contributed by atoms with E-state index in [0.717, 1.165) is 32.8 Å². The lowest BCUT2D eigenvalue weighted by Crippen LogP contribution is -2.33. The van der Waals surface area contributed by atoms with Crippen LogP contribution in [0.3, 0.4) is 0 Å². The van der Waals surface area contributed by atoms with Crippen LogP contribution in [-0.4, -0.2) is 18.6 Å². The first-order valence-corrected chi connectivity index (χ1v) is 13.5. The molecule has 0 atom stereocenters. The number of nitrogens with zero attached hydrogens (tertiary/aromatic N) is 1. The molecule has 6 nitrogen and oxygen atoms in total. The molecular weight excluding hydrogens is 508 g/mol. The maximum atomic E-state index is 13.6. The van der Waals surface area contributed by atoms with Crippen LogP contribution in [0.2, 0.25) is 0 Å². The van der Waals surface area contributed by atoms with Crippen molar-refractivity contribution in [3.05, 3.63) is 124 Å². The number of nitrogens with one attached hydrogen (secondary N) is 1. The van der Waals surface area contributed by atoms with Gasteiger partial charge in [-0.2, -0.15) is 0 Å². The first-order valence-electron chi connectivity index (χ1n) is 12.7. The second-order valence-electron chi connectivity index (χ2n) is 9.45. The van der Waals surface area contributed by atoms with Gasteiger partial charge >= 0.3 is 0 Å². The molecule has 2 aliphatic heterocycles. The van der Waals surface area contributed by atoms with Gasteiger partial charge in [-0.1, -0.05) is 71.9 Å². The molecule has 0 unspecified atom stereocenters. The van der Waals surface area contributed by atoms with Gasteiger partial charge in [-0.25, -0.2) is 0 Å². The SMILES string of the molecule is Cc1cccc(CN2C(=O)C(=Cc3ccc(C(=O)NCc4ccc5c(c4)OCO5)cc3)Sc3ccccc32)c1. The van der Waals surface area contributed by atoms with E-state index in [4.69, 9.17) is 9.47 Å². The normalized spacial score (nSPS) is 14.8. The molecule has 0 aliphatic carbocycles. The highest BCUT2D eigenvalue weighted by molar-refractivity contribution is 8.04. The van der Waals surface area contributed by atoms with Crippen molar-refractivity contribution in [2.24, 2.45) is 0 Å². The molecule has 0 bridgehead atoms. The number of amides is 2. The predicted molar refractivity (Wildman–Crippen MR) is 153 cm³/mol. The van der Waals surface area contributed by atoms with Crippen molar-refractivity contribution in [2.75, 3.05) is 11.7 Å². The van der Waals surface area contributed by atoms with Crippen LogP contribution in [0.1, 0.15) is 32.6 Å². The molecule has 6 rings (SSSR count). The number of carbonyl (C=O) groups is 2. The lowest BCUT2D eigenvalue weighted by molar-refractivity contribution is -0.114. The third kappa shape index (κ3) is 5.40. The van der Waals surface area contributed by atoms with Crippen LogP contribution in [0.25, 0.3) is 6.08 Å². The minimum absolute atomic E-state index is 0.0363. The Bertz CT molecular complexity index is 1600. The summed E-state index contributed by atoms with van der Waals surface area (Å²) in [6.45, 7) is 3.15. The predicted octanol–water partition coefficient (Wildman–Crippen LogP) is 6.33. The zero-order valence-electron chi connectivity index (χ0n) is 21.3. The maximum Gasteiger partial charge on any atom is 0.265 e. The Kier molecular flexibility index (Phi) is 6.82. The van der Waals surface area contributed by atoms with Gasteiger partial charge in [0, 0.05) is 17.0 Å². The molecule has 0 radical (unpaired) electrons. The number of carbonyl (C=O) groups excluding carboxylic acids is 2. The number of hydrogen-bond acceptors (Lipinski definition) is 5. The summed E-state index contributed by atoms with van der Waals surface area (Å²) >= 11 is 1.47. The average Bonchev–Trinajstić information content (AvgIpc) is 3.42. The molecule has 0 fully saturated rings. The fourth-order valence-electron chi connectivity index (χ4n) is 4.63. The second-order valence-corrected chi connectivity index (χ2v) is 10.5. The van der Waals surface area contributed by atoms with Gasteiger partial charge in [0.2, 0.25) is 6.79 Å². The summed E-state index contributed by atoms with van der Waals surface area (Å²) in [5.74, 6) is 1.19. The van der Waals surface area contributed by atoms with Crippen LogP contribution in [0.5, 0.6) is 11.5 Å². The van der Waals surface area contributed by atoms with Crippen LogP contribution >= 0.6 is 11.8 Å². The van der Waals surface area contributed by atoms with E-state index in [1.807, 2.05) is 77.7 Å². The number of anilines is 1. The fraction of sp³-hybridized carbons (Fsp3) is 0.125. The summed E-state index contributed by atoms with van der Waals surface area (Å²) < 4.78 is 10.7. The molecule has 2 amide bonds. The Labute approximate surface area is 231 Å². The quantitative estimate of drug-likeness (QED) is 0.293. The molecule has 194 valence electrons. The van der Waals surface area contributed by atoms with E-state index >= 15 is 0 Å². The van der Waals surface area contributed by atoms with Crippen molar-refractivity contribution >= 4 is 35.3 Å². The summed E-state index contributed by atoms with van der Waals surface area (Å²) in [5.41, 5.74) is 5.49. The Morgan fingerprint density at radius 1 is 0.923 bits per heavy atom. The largest absolute Gasteiger partial charge is 0.454 e. The van der Waals surface area contributed by atoms with Gasteiger partial charge in [-0.3, -0.25) is 9.59 Å². The van der Waals surface area contributed by atoms with E-state index in [2.05, 4.69) is 24.4 Å². The van der Waals surface area contributed by atoms with Gasteiger partial charge in [0.15, 0.2) is 11.5 Å². The highest BCUT2D eigenvalue weighted by atomic mass is 32.2. The van der Waals surface area contributed by atoms with Crippen LogP contribution in [0.15, 0.2) is 101 Å². The molecule has 0 aromatic heterocycles. The Hall–Kier alpha value is -4.49. The first kappa shape index (κ1) is 24.8. The van der Waals surface area contributed by atoms with E-state index in [9.17, 15) is 9.59 Å². The Balaban J connectivity index is 1.17. The molecular formula is C32H26N2O4S. The lowest BCUT2D eigenvalue weighted by Gasteiger charge is -2.30. The molecule has 0 saturated carbocycles. The average molecular weight is 535 g/mol. The van der Waals surface area contributed by atoms with Crippen LogP contribution in [0, 0.1) is 6.92 Å². The molecule has 2 heterocycles. The van der Waals surface area contributed by atoms with E-state index in [1.54, 1.807) is 12.1 Å². The molecule has 4 aromatic carbocycles. The van der Waals surface area contributed by atoms with E-state index < -0.39 is 0 Å². The molecule has 1 N–H and O–H groups in total. The van der Waals surface area contributed by atoms with E-state index in [0.29, 0.717) is 35.1 Å². The van der Waals surface area contributed by atoms with Gasteiger partial charge in [0.25, 0.3) is 11.8 Å². The monoisotopic (exact) mass is 534 g/mol. The molecule has 7 heteroatoms. The van der Waals surface area contributed by atoms with Gasteiger partial charge in [-0.15, -0.1) is 0 Å². The van der Waals surface area contributed by atoms with Gasteiger partial charge in [0.1, 0.15) is 0 Å². The minimum atomic E-state index is -0.173. The van der Waals surface area contributed by atoms with Gasteiger partial charge < -0.3 is 19.7 Å². The first-order chi connectivity index (χ1) is 19.0. The Morgan fingerprint density at radius 2 is 1.74 bits per heavy atom. The van der Waals surface area contributed by atoms with Gasteiger partial charge in [-0.05, 0) is 66.1 Å². The number of fused-ring (bicyclic) bond motifs is 2. The maximum absolute atomic E-state index is 13.6. The Morgan fingerprint density at radius 3 is 2.59 bits per heavy atom. The topological polar surface area (TPSA) is 67.9 Å². The minimum Gasteiger partial charge on any atom is -0.454 e. The second kappa shape index (κ2) is 10.7. The van der Waals surface area contributed by atoms with Crippen LogP contribution in [0.4, 0.5) is 5.69 Å².